The minimum atomic E-state index is -4.93. The number of alkyl halides is 8. The highest BCUT2D eigenvalue weighted by Crippen LogP contribution is 2.37. The van der Waals surface area contributed by atoms with E-state index in [1.54, 1.807) is 0 Å². The van der Waals surface area contributed by atoms with Crippen LogP contribution in [0.3, 0.4) is 0 Å². The van der Waals surface area contributed by atoms with Crippen LogP contribution in [0.1, 0.15) is 45.4 Å². The third-order valence-electron chi connectivity index (χ3n) is 4.95. The Bertz CT molecular complexity index is 1360. The number of carbonyl (C=O) groups excluding carboxylic acids is 1. The molecule has 0 spiro atoms. The Labute approximate surface area is 209 Å². The van der Waals surface area contributed by atoms with Crippen molar-refractivity contribution in [3.8, 4) is 11.8 Å². The zero-order valence-electron chi connectivity index (χ0n) is 18.5. The number of amides is 1. The molecule has 0 radical (unpaired) electrons. The molecule has 3 aromatic rings. The van der Waals surface area contributed by atoms with Gasteiger partial charge in [-0.1, -0.05) is 29.5 Å². The molecule has 37 heavy (non-hydrogen) atoms. The van der Waals surface area contributed by atoms with E-state index in [9.17, 15) is 31.1 Å². The predicted molar refractivity (Wildman–Crippen MR) is 117 cm³/mol. The third-order valence-corrected chi connectivity index (χ3v) is 5.27. The minimum Gasteiger partial charge on any atom is -0.342 e. The maximum absolute atomic E-state index is 15.1. The van der Waals surface area contributed by atoms with Crippen LogP contribution < -0.4 is 5.32 Å². The first-order chi connectivity index (χ1) is 17.1. The Kier molecular flexibility index (Phi) is 7.78. The molecule has 1 N–H and O–H groups in total. The highest BCUT2D eigenvalue weighted by atomic mass is 35.5. The monoisotopic (exact) mass is 547 g/mol. The number of rotatable bonds is 4. The van der Waals surface area contributed by atoms with Gasteiger partial charge in [0.25, 0.3) is 11.8 Å². The Hall–Kier alpha value is -3.72. The van der Waals surface area contributed by atoms with Crippen molar-refractivity contribution in [2.45, 2.75) is 31.2 Å². The fourth-order valence-electron chi connectivity index (χ4n) is 3.05. The number of aromatic nitrogens is 2. The van der Waals surface area contributed by atoms with E-state index in [-0.39, 0.29) is 11.1 Å². The van der Waals surface area contributed by atoms with Crippen molar-refractivity contribution in [1.29, 1.82) is 0 Å². The molecule has 0 aliphatic carbocycles. The van der Waals surface area contributed by atoms with Gasteiger partial charge in [0.2, 0.25) is 0 Å². The maximum atomic E-state index is 15.1. The second-order valence-electron chi connectivity index (χ2n) is 7.59. The summed E-state index contributed by atoms with van der Waals surface area (Å²) in [5, 5.41) is 1.37. The number of nitrogens with one attached hydrogen (secondary N) is 1. The molecule has 1 amide bonds. The van der Waals surface area contributed by atoms with Gasteiger partial charge in [0, 0.05) is 29.1 Å². The van der Waals surface area contributed by atoms with Crippen molar-refractivity contribution in [3.05, 3.63) is 93.5 Å². The van der Waals surface area contributed by atoms with Crippen molar-refractivity contribution in [2.75, 3.05) is 0 Å². The van der Waals surface area contributed by atoms with Gasteiger partial charge in [0.15, 0.2) is 0 Å². The standard InChI is InChI=1S/C24H14ClF8N3O/c1-13(36-21(37)20-17(23(28,29)30)3-2-10-34-20)22(26,27)16-8-6-14(11-18(16)25)4-5-15-7-9-19(35-12-15)24(31,32)33/h2-3,6-13H,1H3,(H,36,37). The summed E-state index contributed by atoms with van der Waals surface area (Å²) in [5.74, 6) is -0.187. The van der Waals surface area contributed by atoms with E-state index in [1.165, 1.54) is 0 Å². The van der Waals surface area contributed by atoms with Crippen LogP contribution in [0.4, 0.5) is 35.1 Å². The predicted octanol–water partition coefficient (Wildman–Crippen LogP) is 6.48. The molecule has 0 saturated heterocycles. The van der Waals surface area contributed by atoms with Gasteiger partial charge in [-0.2, -0.15) is 35.1 Å². The maximum Gasteiger partial charge on any atom is 0.433 e. The summed E-state index contributed by atoms with van der Waals surface area (Å²) in [7, 11) is 0. The lowest BCUT2D eigenvalue weighted by Crippen LogP contribution is -2.44. The summed E-state index contributed by atoms with van der Waals surface area (Å²) >= 11 is 5.99. The molecule has 194 valence electrons. The number of hydrogen-bond donors (Lipinski definition) is 1. The second-order valence-corrected chi connectivity index (χ2v) is 8.00. The van der Waals surface area contributed by atoms with Gasteiger partial charge in [-0.3, -0.25) is 14.8 Å². The van der Waals surface area contributed by atoms with Crippen molar-refractivity contribution in [3.63, 3.8) is 0 Å². The van der Waals surface area contributed by atoms with Crippen LogP contribution in [-0.4, -0.2) is 21.9 Å². The molecular formula is C24H14ClF8N3O. The topological polar surface area (TPSA) is 54.9 Å². The van der Waals surface area contributed by atoms with Crippen LogP contribution in [0.15, 0.2) is 54.9 Å². The van der Waals surface area contributed by atoms with E-state index in [4.69, 9.17) is 11.6 Å². The molecule has 2 aromatic heterocycles. The fourth-order valence-corrected chi connectivity index (χ4v) is 3.35. The van der Waals surface area contributed by atoms with Crippen LogP contribution >= 0.6 is 11.6 Å². The van der Waals surface area contributed by atoms with Crippen LogP contribution in [0.25, 0.3) is 0 Å². The van der Waals surface area contributed by atoms with E-state index in [1.807, 2.05) is 5.32 Å². The summed E-state index contributed by atoms with van der Waals surface area (Å²) in [6, 6.07) is 4.54. The van der Waals surface area contributed by atoms with Crippen LogP contribution in [-0.2, 0) is 18.3 Å². The van der Waals surface area contributed by atoms with Crippen LogP contribution in [0, 0.1) is 11.8 Å². The number of pyridine rings is 2. The summed E-state index contributed by atoms with van der Waals surface area (Å²) in [6.07, 6.45) is -7.72. The molecular weight excluding hydrogens is 534 g/mol. The first kappa shape index (κ1) is 27.9. The summed E-state index contributed by atoms with van der Waals surface area (Å²) in [6.45, 7) is 0.885. The summed E-state index contributed by atoms with van der Waals surface area (Å²) < 4.78 is 107. The minimum absolute atomic E-state index is 0.127. The molecule has 1 atom stereocenters. The van der Waals surface area contributed by atoms with Gasteiger partial charge in [0.05, 0.1) is 16.6 Å². The zero-order valence-corrected chi connectivity index (χ0v) is 19.2. The number of halogens is 9. The molecule has 1 unspecified atom stereocenters. The van der Waals surface area contributed by atoms with Gasteiger partial charge in [-0.25, -0.2) is 0 Å². The second kappa shape index (κ2) is 10.3. The first-order valence-electron chi connectivity index (χ1n) is 10.2. The van der Waals surface area contributed by atoms with Gasteiger partial charge >= 0.3 is 12.4 Å². The van der Waals surface area contributed by atoms with Gasteiger partial charge < -0.3 is 5.32 Å². The van der Waals surface area contributed by atoms with Gasteiger partial charge in [-0.05, 0) is 43.3 Å². The van der Waals surface area contributed by atoms with E-state index < -0.39 is 57.8 Å². The Balaban J connectivity index is 1.79. The number of nitrogens with zero attached hydrogens (tertiary/aromatic N) is 2. The number of hydrogen-bond acceptors (Lipinski definition) is 3. The molecule has 1 aromatic carbocycles. The Morgan fingerprint density at radius 3 is 2.11 bits per heavy atom. The van der Waals surface area contributed by atoms with E-state index >= 15 is 8.78 Å². The molecule has 0 fully saturated rings. The number of carbonyl (C=O) groups is 1. The quantitative estimate of drug-likeness (QED) is 0.301. The van der Waals surface area contributed by atoms with E-state index in [0.29, 0.717) is 6.07 Å². The summed E-state index contributed by atoms with van der Waals surface area (Å²) in [4.78, 5) is 18.9. The Morgan fingerprint density at radius 2 is 1.54 bits per heavy atom. The molecule has 13 heteroatoms. The van der Waals surface area contributed by atoms with Crippen molar-refractivity contribution in [2.24, 2.45) is 0 Å². The fraction of sp³-hybridized carbons (Fsp3) is 0.208. The molecule has 4 nitrogen and oxygen atoms in total. The molecule has 0 aliphatic rings. The van der Waals surface area contributed by atoms with Crippen LogP contribution in [0.2, 0.25) is 5.02 Å². The molecule has 0 bridgehead atoms. The normalized spacial score (nSPS) is 12.9. The van der Waals surface area contributed by atoms with Gasteiger partial charge in [-0.15, -0.1) is 0 Å². The Morgan fingerprint density at radius 1 is 0.892 bits per heavy atom. The van der Waals surface area contributed by atoms with Crippen LogP contribution in [0.5, 0.6) is 0 Å². The average molecular weight is 548 g/mol. The third kappa shape index (κ3) is 6.54. The summed E-state index contributed by atoms with van der Waals surface area (Å²) in [5.41, 5.74) is -4.02. The van der Waals surface area contributed by atoms with E-state index in [0.717, 1.165) is 55.7 Å². The largest absolute Gasteiger partial charge is 0.433 e. The molecule has 3 rings (SSSR count). The molecule has 0 aliphatic heterocycles. The van der Waals surface area contributed by atoms with E-state index in [2.05, 4.69) is 21.8 Å². The number of benzene rings is 1. The van der Waals surface area contributed by atoms with Gasteiger partial charge in [0.1, 0.15) is 11.4 Å². The molecule has 0 saturated carbocycles. The van der Waals surface area contributed by atoms with Crippen molar-refractivity contribution >= 4 is 17.5 Å². The highest BCUT2D eigenvalue weighted by Gasteiger charge is 2.43. The van der Waals surface area contributed by atoms with Crippen molar-refractivity contribution in [1.82, 2.24) is 15.3 Å². The lowest BCUT2D eigenvalue weighted by Gasteiger charge is -2.26. The van der Waals surface area contributed by atoms with Crippen molar-refractivity contribution < 1.29 is 39.9 Å². The SMILES string of the molecule is CC(NC(=O)c1ncccc1C(F)(F)F)C(F)(F)c1ccc(C#Cc2ccc(C(F)(F)F)nc2)cc1Cl. The lowest BCUT2D eigenvalue weighted by atomic mass is 10.00. The molecule has 2 heterocycles. The zero-order chi connectivity index (χ0) is 27.6. The first-order valence-corrected chi connectivity index (χ1v) is 10.5. The lowest BCUT2D eigenvalue weighted by molar-refractivity contribution is -0.141. The smallest absolute Gasteiger partial charge is 0.342 e. The average Bonchev–Trinajstić information content (AvgIpc) is 2.81. The highest BCUT2D eigenvalue weighted by molar-refractivity contribution is 6.31.